The summed E-state index contributed by atoms with van der Waals surface area (Å²) in [4.78, 5) is 24.8. The summed E-state index contributed by atoms with van der Waals surface area (Å²) in [6.45, 7) is 9.80. The van der Waals surface area contributed by atoms with E-state index < -0.39 is 23.1 Å². The van der Waals surface area contributed by atoms with Crippen LogP contribution >= 0.6 is 0 Å². The molecule has 0 aliphatic carbocycles. The van der Waals surface area contributed by atoms with Crippen molar-refractivity contribution in [1.82, 2.24) is 4.90 Å². The Kier molecular flexibility index (Phi) is 3.93. The summed E-state index contributed by atoms with van der Waals surface area (Å²) in [6.07, 6.45) is 0.156. The summed E-state index contributed by atoms with van der Waals surface area (Å²) in [5.74, 6) is -0.699. The van der Waals surface area contributed by atoms with Gasteiger partial charge in [0, 0.05) is 13.1 Å². The fraction of sp³-hybridized carbons (Fsp3) is 0.846. The molecular weight excluding hydrogens is 234 g/mol. The molecule has 0 radical (unpaired) electrons. The number of piperidine rings is 1. The zero-order chi connectivity index (χ0) is 14.1. The van der Waals surface area contributed by atoms with Gasteiger partial charge in [0.25, 0.3) is 0 Å². The zero-order valence-electron chi connectivity index (χ0n) is 11.8. The maximum absolute atomic E-state index is 12.0. The minimum absolute atomic E-state index is 0.160. The van der Waals surface area contributed by atoms with Crippen molar-refractivity contribution >= 4 is 12.1 Å². The molecule has 1 aliphatic rings. The Morgan fingerprint density at radius 3 is 2.39 bits per heavy atom. The van der Waals surface area contributed by atoms with Crippen LogP contribution in [0, 0.1) is 11.3 Å². The number of carbonyl (C=O) groups excluding carboxylic acids is 1. The molecule has 1 fully saturated rings. The largest absolute Gasteiger partial charge is 0.481 e. The fourth-order valence-electron chi connectivity index (χ4n) is 2.38. The van der Waals surface area contributed by atoms with Crippen LogP contribution in [-0.4, -0.2) is 40.8 Å². The van der Waals surface area contributed by atoms with Crippen molar-refractivity contribution in [2.24, 2.45) is 11.3 Å². The van der Waals surface area contributed by atoms with E-state index in [2.05, 4.69) is 0 Å². The zero-order valence-corrected chi connectivity index (χ0v) is 11.8. The summed E-state index contributed by atoms with van der Waals surface area (Å²) in [6, 6.07) is 0. The summed E-state index contributed by atoms with van der Waals surface area (Å²) < 4.78 is 5.29. The summed E-state index contributed by atoms with van der Waals surface area (Å²) >= 11 is 0. The van der Waals surface area contributed by atoms with Crippen molar-refractivity contribution in [1.29, 1.82) is 0 Å². The van der Waals surface area contributed by atoms with Gasteiger partial charge in [-0.15, -0.1) is 0 Å². The van der Waals surface area contributed by atoms with Crippen LogP contribution in [0.25, 0.3) is 0 Å². The predicted molar refractivity (Wildman–Crippen MR) is 67.3 cm³/mol. The van der Waals surface area contributed by atoms with Crippen LogP contribution < -0.4 is 0 Å². The van der Waals surface area contributed by atoms with Crippen molar-refractivity contribution in [2.75, 3.05) is 13.1 Å². The third kappa shape index (κ3) is 3.62. The van der Waals surface area contributed by atoms with E-state index in [-0.39, 0.29) is 12.5 Å². The van der Waals surface area contributed by atoms with Gasteiger partial charge in [0.2, 0.25) is 0 Å². The first kappa shape index (κ1) is 14.8. The summed E-state index contributed by atoms with van der Waals surface area (Å²) in [5, 5.41) is 9.27. The van der Waals surface area contributed by atoms with Crippen molar-refractivity contribution in [3.63, 3.8) is 0 Å². The van der Waals surface area contributed by atoms with Crippen molar-refractivity contribution in [2.45, 2.75) is 46.6 Å². The van der Waals surface area contributed by atoms with Gasteiger partial charge < -0.3 is 14.7 Å². The maximum Gasteiger partial charge on any atom is 0.410 e. The van der Waals surface area contributed by atoms with Gasteiger partial charge >= 0.3 is 12.1 Å². The Hall–Kier alpha value is -1.26. The number of hydrogen-bond donors (Lipinski definition) is 1. The Bertz CT molecular complexity index is 347. The van der Waals surface area contributed by atoms with Crippen LogP contribution in [0.15, 0.2) is 0 Å². The highest BCUT2D eigenvalue weighted by Gasteiger charge is 2.43. The highest BCUT2D eigenvalue weighted by atomic mass is 16.6. The quantitative estimate of drug-likeness (QED) is 0.783. The molecule has 2 unspecified atom stereocenters. The van der Waals surface area contributed by atoms with E-state index in [1.54, 1.807) is 27.7 Å². The van der Waals surface area contributed by atoms with Crippen LogP contribution in [0.1, 0.15) is 41.0 Å². The molecule has 0 bridgehead atoms. The van der Waals surface area contributed by atoms with Gasteiger partial charge in [-0.05, 0) is 40.0 Å². The summed E-state index contributed by atoms with van der Waals surface area (Å²) in [7, 11) is 0. The number of rotatable bonds is 1. The molecule has 0 aromatic carbocycles. The highest BCUT2D eigenvalue weighted by Crippen LogP contribution is 2.33. The van der Waals surface area contributed by atoms with Crippen LogP contribution in [0.2, 0.25) is 0 Å². The molecule has 1 saturated heterocycles. The first-order chi connectivity index (χ1) is 8.03. The van der Waals surface area contributed by atoms with Crippen LogP contribution in [0.4, 0.5) is 4.79 Å². The van der Waals surface area contributed by atoms with E-state index in [4.69, 9.17) is 4.74 Å². The molecule has 104 valence electrons. The second kappa shape index (κ2) is 4.78. The molecule has 0 aromatic rings. The van der Waals surface area contributed by atoms with E-state index in [0.29, 0.717) is 13.0 Å². The number of carbonyl (C=O) groups is 2. The number of likely N-dealkylation sites (tertiary alicyclic amines) is 1. The van der Waals surface area contributed by atoms with E-state index in [9.17, 15) is 14.7 Å². The number of carboxylic acid groups (broad SMARTS) is 1. The van der Waals surface area contributed by atoms with Gasteiger partial charge in [0.15, 0.2) is 0 Å². The minimum Gasteiger partial charge on any atom is -0.481 e. The van der Waals surface area contributed by atoms with Crippen LogP contribution in [0.3, 0.4) is 0 Å². The van der Waals surface area contributed by atoms with E-state index in [1.165, 1.54) is 4.90 Å². The highest BCUT2D eigenvalue weighted by molar-refractivity contribution is 5.76. The number of nitrogens with zero attached hydrogens (tertiary/aromatic N) is 1. The third-order valence-corrected chi connectivity index (χ3v) is 3.04. The van der Waals surface area contributed by atoms with Gasteiger partial charge in [-0.3, -0.25) is 4.79 Å². The fourth-order valence-corrected chi connectivity index (χ4v) is 2.38. The van der Waals surface area contributed by atoms with E-state index in [1.807, 2.05) is 6.92 Å². The predicted octanol–water partition coefficient (Wildman–Crippen LogP) is 2.35. The number of ether oxygens (including phenoxy) is 1. The van der Waals surface area contributed by atoms with Gasteiger partial charge in [-0.25, -0.2) is 4.79 Å². The second-order valence-electron chi connectivity index (χ2n) is 6.54. The molecule has 1 amide bonds. The van der Waals surface area contributed by atoms with Gasteiger partial charge in [0.05, 0.1) is 5.41 Å². The van der Waals surface area contributed by atoms with Gasteiger partial charge in [0.1, 0.15) is 5.60 Å². The molecule has 1 rings (SSSR count). The molecular formula is C13H23NO4. The molecule has 1 aliphatic heterocycles. The lowest BCUT2D eigenvalue weighted by Crippen LogP contribution is -2.52. The number of aliphatic carboxylic acids is 1. The van der Waals surface area contributed by atoms with E-state index in [0.717, 1.165) is 0 Å². The molecule has 0 spiro atoms. The van der Waals surface area contributed by atoms with Crippen LogP contribution in [-0.2, 0) is 9.53 Å². The molecule has 18 heavy (non-hydrogen) atoms. The van der Waals surface area contributed by atoms with Gasteiger partial charge in [-0.1, -0.05) is 6.92 Å². The third-order valence-electron chi connectivity index (χ3n) is 3.04. The lowest BCUT2D eigenvalue weighted by atomic mass is 9.78. The van der Waals surface area contributed by atoms with Crippen molar-refractivity contribution in [3.05, 3.63) is 0 Å². The lowest BCUT2D eigenvalue weighted by Gasteiger charge is -2.41. The molecule has 0 saturated carbocycles. The van der Waals surface area contributed by atoms with Crippen molar-refractivity contribution < 1.29 is 19.4 Å². The second-order valence-corrected chi connectivity index (χ2v) is 6.54. The standard InChI is InChI=1S/C13H23NO4/c1-9-6-13(5,10(15)16)8-14(7-9)11(17)18-12(2,3)4/h9H,6-8H2,1-5H3,(H,15,16). The lowest BCUT2D eigenvalue weighted by molar-refractivity contribution is -0.152. The van der Waals surface area contributed by atoms with E-state index >= 15 is 0 Å². The number of amides is 1. The maximum atomic E-state index is 12.0. The molecule has 5 nitrogen and oxygen atoms in total. The average molecular weight is 257 g/mol. The molecule has 1 heterocycles. The summed E-state index contributed by atoms with van der Waals surface area (Å²) in [5.41, 5.74) is -1.44. The molecule has 2 atom stereocenters. The Morgan fingerprint density at radius 2 is 1.94 bits per heavy atom. The molecule has 1 N–H and O–H groups in total. The normalized spacial score (nSPS) is 28.9. The van der Waals surface area contributed by atoms with Crippen LogP contribution in [0.5, 0.6) is 0 Å². The minimum atomic E-state index is -0.880. The number of carboxylic acids is 1. The Balaban J connectivity index is 2.78. The smallest absolute Gasteiger partial charge is 0.410 e. The average Bonchev–Trinajstić information content (AvgIpc) is 2.13. The van der Waals surface area contributed by atoms with Crippen molar-refractivity contribution in [3.8, 4) is 0 Å². The molecule has 0 aromatic heterocycles. The molecule has 5 heteroatoms. The Labute approximate surface area is 108 Å². The first-order valence-electron chi connectivity index (χ1n) is 6.25. The number of hydrogen-bond acceptors (Lipinski definition) is 3. The topological polar surface area (TPSA) is 66.8 Å². The first-order valence-corrected chi connectivity index (χ1v) is 6.25. The van der Waals surface area contributed by atoms with Gasteiger partial charge in [-0.2, -0.15) is 0 Å². The SMILES string of the molecule is CC1CN(C(=O)OC(C)(C)C)CC(C)(C(=O)O)C1. The monoisotopic (exact) mass is 257 g/mol. The Morgan fingerprint density at radius 1 is 1.39 bits per heavy atom.